The minimum Gasteiger partial charge on any atom is -0.507 e. The number of hydrogen-bond donors (Lipinski definition) is 1. The molecule has 7 nitrogen and oxygen atoms in total. The predicted molar refractivity (Wildman–Crippen MR) is 121 cm³/mol. The Morgan fingerprint density at radius 2 is 1.94 bits per heavy atom. The first kappa shape index (κ1) is 20.0. The van der Waals surface area contributed by atoms with Gasteiger partial charge in [-0.25, -0.2) is 4.98 Å². The van der Waals surface area contributed by atoms with Crippen LogP contribution in [0.3, 0.4) is 0 Å². The maximum Gasteiger partial charge on any atom is 0.276 e. The molecule has 0 aliphatic carbocycles. The van der Waals surface area contributed by atoms with E-state index >= 15 is 0 Å². The van der Waals surface area contributed by atoms with Crippen molar-refractivity contribution in [2.45, 2.75) is 13.8 Å². The number of oxazole rings is 1. The molecule has 1 aromatic heterocycles. The number of para-hydroxylation sites is 1. The maximum atomic E-state index is 11.1. The molecule has 4 aromatic rings. The highest BCUT2D eigenvalue weighted by Gasteiger charge is 2.14. The average molecular weight is 413 g/mol. The van der Waals surface area contributed by atoms with Crippen molar-refractivity contribution in [1.29, 1.82) is 0 Å². The van der Waals surface area contributed by atoms with Gasteiger partial charge in [0.25, 0.3) is 5.69 Å². The first-order chi connectivity index (χ1) is 14.9. The van der Waals surface area contributed by atoms with Crippen LogP contribution in [0.25, 0.3) is 28.6 Å². The zero-order chi connectivity index (χ0) is 22.0. The summed E-state index contributed by atoms with van der Waals surface area (Å²) in [5.41, 5.74) is 5.00. The van der Waals surface area contributed by atoms with Crippen molar-refractivity contribution in [3.8, 4) is 17.2 Å². The summed E-state index contributed by atoms with van der Waals surface area (Å²) in [5.74, 6) is 0.351. The molecule has 0 atom stereocenters. The number of fused-ring (bicyclic) bond motifs is 1. The molecule has 0 bridgehead atoms. The number of aliphatic imine (C=N–C) groups is 1. The first-order valence-corrected chi connectivity index (χ1v) is 9.58. The minimum atomic E-state index is -0.424. The van der Waals surface area contributed by atoms with Crippen molar-refractivity contribution < 1.29 is 14.4 Å². The van der Waals surface area contributed by atoms with Crippen molar-refractivity contribution in [2.24, 2.45) is 4.99 Å². The molecular weight excluding hydrogens is 394 g/mol. The van der Waals surface area contributed by atoms with Gasteiger partial charge in [0.15, 0.2) is 5.58 Å². The Bertz CT molecular complexity index is 1350. The van der Waals surface area contributed by atoms with Crippen molar-refractivity contribution in [3.63, 3.8) is 0 Å². The summed E-state index contributed by atoms with van der Waals surface area (Å²) < 4.78 is 5.89. The number of allylic oxidation sites excluding steroid dienone is 1. The van der Waals surface area contributed by atoms with Gasteiger partial charge < -0.3 is 9.52 Å². The molecule has 31 heavy (non-hydrogen) atoms. The summed E-state index contributed by atoms with van der Waals surface area (Å²) in [6.45, 7) is 3.94. The lowest BCUT2D eigenvalue weighted by molar-refractivity contribution is -0.385. The minimum absolute atomic E-state index is 0.0283. The largest absolute Gasteiger partial charge is 0.507 e. The number of aromatic hydroxyl groups is 1. The Kier molecular flexibility index (Phi) is 5.32. The number of aryl methyl sites for hydroxylation is 2. The molecule has 0 saturated heterocycles. The molecule has 0 fully saturated rings. The Morgan fingerprint density at radius 1 is 1.13 bits per heavy atom. The Balaban J connectivity index is 1.62. The van der Waals surface area contributed by atoms with Gasteiger partial charge in [-0.3, -0.25) is 15.1 Å². The number of nitro benzene ring substituents is 1. The van der Waals surface area contributed by atoms with Crippen LogP contribution in [-0.4, -0.2) is 21.2 Å². The lowest BCUT2D eigenvalue weighted by Gasteiger charge is -2.01. The van der Waals surface area contributed by atoms with Gasteiger partial charge in [-0.05, 0) is 67.5 Å². The van der Waals surface area contributed by atoms with E-state index in [2.05, 4.69) is 9.98 Å². The highest BCUT2D eigenvalue weighted by molar-refractivity contribution is 5.84. The van der Waals surface area contributed by atoms with Gasteiger partial charge in [-0.2, -0.15) is 0 Å². The molecule has 0 spiro atoms. The molecule has 0 aliphatic rings. The summed E-state index contributed by atoms with van der Waals surface area (Å²) in [6, 6.07) is 15.3. The molecule has 1 N–H and O–H groups in total. The molecule has 0 unspecified atom stereocenters. The van der Waals surface area contributed by atoms with E-state index in [9.17, 15) is 15.2 Å². The third kappa shape index (κ3) is 4.20. The van der Waals surface area contributed by atoms with Crippen LogP contribution in [0.5, 0.6) is 5.75 Å². The van der Waals surface area contributed by atoms with E-state index in [1.165, 1.54) is 18.3 Å². The van der Waals surface area contributed by atoms with Crippen LogP contribution in [0.4, 0.5) is 11.4 Å². The Hall–Kier alpha value is -4.26. The molecular formula is C24H19N3O4. The van der Waals surface area contributed by atoms with E-state index in [4.69, 9.17) is 4.42 Å². The fourth-order valence-corrected chi connectivity index (χ4v) is 3.34. The fourth-order valence-electron chi connectivity index (χ4n) is 3.34. The Morgan fingerprint density at radius 3 is 2.74 bits per heavy atom. The van der Waals surface area contributed by atoms with E-state index in [-0.39, 0.29) is 11.4 Å². The van der Waals surface area contributed by atoms with E-state index in [0.29, 0.717) is 28.3 Å². The number of phenolic OH excluding ortho intramolecular Hbond substituents is 1. The van der Waals surface area contributed by atoms with E-state index in [1.54, 1.807) is 42.5 Å². The quantitative estimate of drug-likeness (QED) is 0.240. The van der Waals surface area contributed by atoms with Gasteiger partial charge in [0, 0.05) is 12.3 Å². The maximum absolute atomic E-state index is 11.1. The molecule has 0 amide bonds. The summed E-state index contributed by atoms with van der Waals surface area (Å²) in [7, 11) is 0. The highest BCUT2D eigenvalue weighted by Crippen LogP contribution is 2.35. The fraction of sp³-hybridized carbons (Fsp3) is 0.0833. The van der Waals surface area contributed by atoms with Crippen LogP contribution in [0.2, 0.25) is 0 Å². The van der Waals surface area contributed by atoms with Crippen molar-refractivity contribution in [3.05, 3.63) is 87.5 Å². The molecule has 0 saturated carbocycles. The number of aromatic nitrogens is 1. The highest BCUT2D eigenvalue weighted by atomic mass is 16.6. The van der Waals surface area contributed by atoms with Gasteiger partial charge in [0.2, 0.25) is 5.89 Å². The Labute approximate surface area is 178 Å². The zero-order valence-electron chi connectivity index (χ0n) is 16.9. The first-order valence-electron chi connectivity index (χ1n) is 9.58. The number of nitrogens with zero attached hydrogens (tertiary/aromatic N) is 3. The van der Waals surface area contributed by atoms with Gasteiger partial charge in [-0.15, -0.1) is 0 Å². The second-order valence-corrected chi connectivity index (χ2v) is 7.10. The summed E-state index contributed by atoms with van der Waals surface area (Å²) in [6.07, 6.45) is 4.78. The molecule has 4 rings (SSSR count). The number of benzene rings is 3. The predicted octanol–water partition coefficient (Wildman–Crippen LogP) is 6.14. The molecule has 3 aromatic carbocycles. The standard InChI is InChI=1S/C24H19N3O4/c1-15-12-16(2)23-20(13-15)26-24(31-23)19-14-18(9-10-22(19)28)25-11-5-7-17-6-3-4-8-21(17)27(29)30/h3-14,28H,1-2H3/b7-5-,25-11?. The van der Waals surface area contributed by atoms with Crippen molar-refractivity contribution in [1.82, 2.24) is 4.98 Å². The monoisotopic (exact) mass is 413 g/mol. The topological polar surface area (TPSA) is 102 Å². The number of hydrogen-bond acceptors (Lipinski definition) is 6. The van der Waals surface area contributed by atoms with Crippen LogP contribution >= 0.6 is 0 Å². The van der Waals surface area contributed by atoms with Gasteiger partial charge in [-0.1, -0.05) is 18.2 Å². The summed E-state index contributed by atoms with van der Waals surface area (Å²) in [5, 5.41) is 21.4. The van der Waals surface area contributed by atoms with Crippen LogP contribution in [-0.2, 0) is 0 Å². The van der Waals surface area contributed by atoms with E-state index in [1.807, 2.05) is 26.0 Å². The van der Waals surface area contributed by atoms with Gasteiger partial charge in [0.05, 0.1) is 21.7 Å². The van der Waals surface area contributed by atoms with Crippen LogP contribution in [0.15, 0.2) is 70.1 Å². The lowest BCUT2D eigenvalue weighted by Crippen LogP contribution is -1.90. The van der Waals surface area contributed by atoms with Crippen LogP contribution < -0.4 is 0 Å². The van der Waals surface area contributed by atoms with Crippen molar-refractivity contribution in [2.75, 3.05) is 0 Å². The van der Waals surface area contributed by atoms with E-state index < -0.39 is 4.92 Å². The zero-order valence-corrected chi connectivity index (χ0v) is 16.9. The van der Waals surface area contributed by atoms with Crippen LogP contribution in [0.1, 0.15) is 16.7 Å². The number of nitro groups is 1. The van der Waals surface area contributed by atoms with Crippen LogP contribution in [0, 0.1) is 24.0 Å². The smallest absolute Gasteiger partial charge is 0.276 e. The van der Waals surface area contributed by atoms with Crippen molar-refractivity contribution >= 4 is 34.8 Å². The third-order valence-electron chi connectivity index (χ3n) is 4.75. The second kappa shape index (κ2) is 8.23. The van der Waals surface area contributed by atoms with E-state index in [0.717, 1.165) is 16.6 Å². The number of rotatable bonds is 5. The molecule has 1 heterocycles. The SMILES string of the molecule is Cc1cc(C)c2oc(-c3cc(N=C/C=C\c4ccccc4[N+](=O)[O-])ccc3O)nc2c1. The normalized spacial score (nSPS) is 11.7. The number of phenols is 1. The van der Waals surface area contributed by atoms with Gasteiger partial charge >= 0.3 is 0 Å². The summed E-state index contributed by atoms with van der Waals surface area (Å²) >= 11 is 0. The molecule has 0 radical (unpaired) electrons. The lowest BCUT2D eigenvalue weighted by atomic mass is 10.1. The summed E-state index contributed by atoms with van der Waals surface area (Å²) in [4.78, 5) is 19.5. The molecule has 0 aliphatic heterocycles. The third-order valence-corrected chi connectivity index (χ3v) is 4.75. The second-order valence-electron chi connectivity index (χ2n) is 7.10. The average Bonchev–Trinajstić information content (AvgIpc) is 3.16. The van der Waals surface area contributed by atoms with Gasteiger partial charge in [0.1, 0.15) is 11.3 Å². The molecule has 7 heteroatoms. The molecule has 154 valence electrons.